The van der Waals surface area contributed by atoms with Crippen LogP contribution in [0.3, 0.4) is 0 Å². The SMILES string of the molecule is Cc1ccccc1C(=O)OCC(=O)Nc1ccccc1C(=O)NC(C)c1ccccc1. The molecule has 0 radical (unpaired) electrons. The standard InChI is InChI=1S/C25H24N2O4/c1-17-10-6-7-13-20(17)25(30)31-16-23(28)27-22-15-9-8-14-21(22)24(29)26-18(2)19-11-4-3-5-12-19/h3-15,18H,16H2,1-2H3,(H,26,29)(H,27,28). The molecule has 6 heteroatoms. The third kappa shape index (κ3) is 5.79. The fraction of sp³-hybridized carbons (Fsp3) is 0.160. The van der Waals surface area contributed by atoms with Crippen molar-refractivity contribution in [1.82, 2.24) is 5.32 Å². The lowest BCUT2D eigenvalue weighted by molar-refractivity contribution is -0.119. The van der Waals surface area contributed by atoms with Gasteiger partial charge in [0.25, 0.3) is 11.8 Å². The fourth-order valence-electron chi connectivity index (χ4n) is 3.09. The minimum atomic E-state index is -0.573. The Morgan fingerprint density at radius 3 is 2.16 bits per heavy atom. The largest absolute Gasteiger partial charge is 0.452 e. The highest BCUT2D eigenvalue weighted by Crippen LogP contribution is 2.18. The first kappa shape index (κ1) is 21.8. The second kappa shape index (κ2) is 10.2. The first-order valence-electron chi connectivity index (χ1n) is 9.93. The molecule has 0 bridgehead atoms. The highest BCUT2D eigenvalue weighted by Gasteiger charge is 2.17. The minimum Gasteiger partial charge on any atom is -0.452 e. The maximum absolute atomic E-state index is 12.8. The van der Waals surface area contributed by atoms with Gasteiger partial charge in [0.15, 0.2) is 6.61 Å². The van der Waals surface area contributed by atoms with Gasteiger partial charge >= 0.3 is 5.97 Å². The van der Waals surface area contributed by atoms with E-state index in [1.807, 2.05) is 43.3 Å². The molecule has 0 aliphatic rings. The van der Waals surface area contributed by atoms with Gasteiger partial charge in [-0.2, -0.15) is 0 Å². The molecule has 0 saturated carbocycles. The highest BCUT2D eigenvalue weighted by atomic mass is 16.5. The van der Waals surface area contributed by atoms with Gasteiger partial charge in [-0.15, -0.1) is 0 Å². The van der Waals surface area contributed by atoms with Crippen LogP contribution >= 0.6 is 0 Å². The van der Waals surface area contributed by atoms with Crippen LogP contribution in [0.15, 0.2) is 78.9 Å². The van der Waals surface area contributed by atoms with Gasteiger partial charge in [0.2, 0.25) is 0 Å². The Labute approximate surface area is 181 Å². The molecule has 3 rings (SSSR count). The van der Waals surface area contributed by atoms with E-state index in [4.69, 9.17) is 4.74 Å². The summed E-state index contributed by atoms with van der Waals surface area (Å²) in [5.41, 5.74) is 2.81. The third-order valence-electron chi connectivity index (χ3n) is 4.79. The smallest absolute Gasteiger partial charge is 0.338 e. The summed E-state index contributed by atoms with van der Waals surface area (Å²) in [6.07, 6.45) is 0. The Bertz CT molecular complexity index is 1080. The molecule has 1 atom stereocenters. The molecule has 3 aromatic rings. The predicted octanol–water partition coefficient (Wildman–Crippen LogP) is 4.28. The average molecular weight is 416 g/mol. The number of carbonyl (C=O) groups is 3. The van der Waals surface area contributed by atoms with Gasteiger partial charge < -0.3 is 15.4 Å². The Hall–Kier alpha value is -3.93. The van der Waals surface area contributed by atoms with Crippen molar-refractivity contribution < 1.29 is 19.1 Å². The molecule has 0 aliphatic carbocycles. The molecule has 31 heavy (non-hydrogen) atoms. The monoisotopic (exact) mass is 416 g/mol. The molecular formula is C25H24N2O4. The lowest BCUT2D eigenvalue weighted by Crippen LogP contribution is -2.28. The summed E-state index contributed by atoms with van der Waals surface area (Å²) in [5, 5.41) is 5.58. The van der Waals surface area contributed by atoms with E-state index in [2.05, 4.69) is 10.6 Å². The van der Waals surface area contributed by atoms with Crippen molar-refractivity contribution in [2.75, 3.05) is 11.9 Å². The lowest BCUT2D eigenvalue weighted by atomic mass is 10.1. The molecule has 2 amide bonds. The zero-order valence-corrected chi connectivity index (χ0v) is 17.4. The molecule has 0 aromatic heterocycles. The van der Waals surface area contributed by atoms with Gasteiger partial charge in [-0.3, -0.25) is 9.59 Å². The van der Waals surface area contributed by atoms with E-state index in [0.29, 0.717) is 16.8 Å². The Morgan fingerprint density at radius 2 is 1.45 bits per heavy atom. The fourth-order valence-corrected chi connectivity index (χ4v) is 3.09. The summed E-state index contributed by atoms with van der Waals surface area (Å²) in [7, 11) is 0. The van der Waals surface area contributed by atoms with Gasteiger partial charge in [-0.05, 0) is 43.2 Å². The third-order valence-corrected chi connectivity index (χ3v) is 4.79. The van der Waals surface area contributed by atoms with Gasteiger partial charge in [-0.25, -0.2) is 4.79 Å². The number of esters is 1. The normalized spacial score (nSPS) is 11.3. The quantitative estimate of drug-likeness (QED) is 0.563. The molecule has 3 aromatic carbocycles. The van der Waals surface area contributed by atoms with Crippen LogP contribution < -0.4 is 10.6 Å². The molecular weight excluding hydrogens is 392 g/mol. The van der Waals surface area contributed by atoms with Crippen LogP contribution in [0.5, 0.6) is 0 Å². The minimum absolute atomic E-state index is 0.201. The topological polar surface area (TPSA) is 84.5 Å². The number of nitrogens with one attached hydrogen (secondary N) is 2. The number of aryl methyl sites for hydroxylation is 1. The summed E-state index contributed by atoms with van der Waals surface area (Å²) in [4.78, 5) is 37.3. The number of hydrogen-bond acceptors (Lipinski definition) is 4. The van der Waals surface area contributed by atoms with Crippen LogP contribution in [-0.2, 0) is 9.53 Å². The van der Waals surface area contributed by atoms with Crippen LogP contribution in [0.4, 0.5) is 5.69 Å². The molecule has 6 nitrogen and oxygen atoms in total. The van der Waals surface area contributed by atoms with Gasteiger partial charge in [0, 0.05) is 0 Å². The van der Waals surface area contributed by atoms with Crippen molar-refractivity contribution in [3.8, 4) is 0 Å². The molecule has 0 fully saturated rings. The van der Waals surface area contributed by atoms with E-state index in [1.165, 1.54) is 0 Å². The zero-order valence-electron chi connectivity index (χ0n) is 17.4. The van der Waals surface area contributed by atoms with Gasteiger partial charge in [0.1, 0.15) is 0 Å². The molecule has 1 unspecified atom stereocenters. The molecule has 0 spiro atoms. The van der Waals surface area contributed by atoms with Crippen molar-refractivity contribution in [1.29, 1.82) is 0 Å². The van der Waals surface area contributed by atoms with Crippen LogP contribution in [0.2, 0.25) is 0 Å². The van der Waals surface area contributed by atoms with Crippen molar-refractivity contribution in [3.63, 3.8) is 0 Å². The molecule has 0 heterocycles. The van der Waals surface area contributed by atoms with E-state index >= 15 is 0 Å². The summed E-state index contributed by atoms with van der Waals surface area (Å²) >= 11 is 0. The number of carbonyl (C=O) groups excluding carboxylic acids is 3. The molecule has 158 valence electrons. The maximum Gasteiger partial charge on any atom is 0.338 e. The van der Waals surface area contributed by atoms with Gasteiger partial charge in [0.05, 0.1) is 22.9 Å². The zero-order chi connectivity index (χ0) is 22.2. The number of amides is 2. The van der Waals surface area contributed by atoms with Crippen molar-refractivity contribution in [2.45, 2.75) is 19.9 Å². The number of para-hydroxylation sites is 1. The second-order valence-electron chi connectivity index (χ2n) is 7.09. The van der Waals surface area contributed by atoms with E-state index in [0.717, 1.165) is 11.1 Å². The first-order chi connectivity index (χ1) is 15.0. The van der Waals surface area contributed by atoms with E-state index in [9.17, 15) is 14.4 Å². The first-order valence-corrected chi connectivity index (χ1v) is 9.93. The number of ether oxygens (including phenoxy) is 1. The highest BCUT2D eigenvalue weighted by molar-refractivity contribution is 6.04. The summed E-state index contributed by atoms with van der Waals surface area (Å²) in [6.45, 7) is 3.23. The predicted molar refractivity (Wildman–Crippen MR) is 119 cm³/mol. The number of anilines is 1. The number of hydrogen-bond donors (Lipinski definition) is 2. The van der Waals surface area contributed by atoms with Crippen molar-refractivity contribution in [2.24, 2.45) is 0 Å². The summed E-state index contributed by atoms with van der Waals surface area (Å²) in [6, 6.07) is 23.1. The lowest BCUT2D eigenvalue weighted by Gasteiger charge is -2.16. The second-order valence-corrected chi connectivity index (χ2v) is 7.09. The summed E-state index contributed by atoms with van der Waals surface area (Å²) in [5.74, 6) is -1.42. The Balaban J connectivity index is 1.62. The average Bonchev–Trinajstić information content (AvgIpc) is 2.78. The number of rotatable bonds is 7. The van der Waals surface area contributed by atoms with Gasteiger partial charge in [-0.1, -0.05) is 60.7 Å². The van der Waals surface area contributed by atoms with E-state index < -0.39 is 18.5 Å². The molecule has 0 aliphatic heterocycles. The number of benzene rings is 3. The van der Waals surface area contributed by atoms with E-state index in [-0.39, 0.29) is 11.9 Å². The van der Waals surface area contributed by atoms with E-state index in [1.54, 1.807) is 49.4 Å². The maximum atomic E-state index is 12.8. The van der Waals surface area contributed by atoms with Crippen LogP contribution in [0, 0.1) is 6.92 Å². The Morgan fingerprint density at radius 1 is 0.839 bits per heavy atom. The molecule has 0 saturated heterocycles. The van der Waals surface area contributed by atoms with Crippen LogP contribution in [-0.4, -0.2) is 24.4 Å². The van der Waals surface area contributed by atoms with Crippen molar-refractivity contribution in [3.05, 3.63) is 101 Å². The Kier molecular flexibility index (Phi) is 7.17. The summed E-state index contributed by atoms with van der Waals surface area (Å²) < 4.78 is 5.11. The van der Waals surface area contributed by atoms with Crippen LogP contribution in [0.1, 0.15) is 44.8 Å². The van der Waals surface area contributed by atoms with Crippen molar-refractivity contribution >= 4 is 23.5 Å². The van der Waals surface area contributed by atoms with Crippen LogP contribution in [0.25, 0.3) is 0 Å². The molecule has 2 N–H and O–H groups in total.